The predicted molar refractivity (Wildman–Crippen MR) is 87.6 cm³/mol. The molecule has 0 fully saturated rings. The smallest absolute Gasteiger partial charge is 0.311 e. The van der Waals surface area contributed by atoms with Crippen LogP contribution in [0.2, 0.25) is 0 Å². The molecule has 1 aromatic carbocycles. The molecule has 1 heterocycles. The number of aromatic nitrogens is 2. The van der Waals surface area contributed by atoms with E-state index >= 15 is 0 Å². The van der Waals surface area contributed by atoms with Crippen LogP contribution in [-0.4, -0.2) is 28.7 Å². The molecule has 2 aromatic rings. The quantitative estimate of drug-likeness (QED) is 0.792. The molecule has 0 bridgehead atoms. The SMILES string of the molecule is CCOc1nc2ccccc2c(=O)n1CCOC(=O)C(C)(C)C. The zero-order valence-electron chi connectivity index (χ0n) is 14.0. The maximum atomic E-state index is 12.6. The van der Waals surface area contributed by atoms with Crippen molar-refractivity contribution in [3.05, 3.63) is 34.6 Å². The average molecular weight is 318 g/mol. The van der Waals surface area contributed by atoms with Crippen LogP contribution in [0.15, 0.2) is 29.1 Å². The summed E-state index contributed by atoms with van der Waals surface area (Å²) in [4.78, 5) is 28.8. The Morgan fingerprint density at radius 2 is 1.96 bits per heavy atom. The van der Waals surface area contributed by atoms with E-state index in [-0.39, 0.29) is 30.7 Å². The lowest BCUT2D eigenvalue weighted by molar-refractivity contribution is -0.153. The van der Waals surface area contributed by atoms with Gasteiger partial charge in [0.05, 0.1) is 29.5 Å². The minimum atomic E-state index is -0.574. The number of hydrogen-bond donors (Lipinski definition) is 0. The van der Waals surface area contributed by atoms with Crippen LogP contribution in [0.3, 0.4) is 0 Å². The summed E-state index contributed by atoms with van der Waals surface area (Å²) in [6.07, 6.45) is 0. The number of carbonyl (C=O) groups is 1. The normalized spacial score (nSPS) is 11.5. The number of hydrogen-bond acceptors (Lipinski definition) is 5. The third-order valence-corrected chi connectivity index (χ3v) is 3.26. The average Bonchev–Trinajstić information content (AvgIpc) is 2.49. The summed E-state index contributed by atoms with van der Waals surface area (Å²) in [5.74, 6) is -0.308. The molecule has 0 amide bonds. The first-order chi connectivity index (χ1) is 10.8. The fourth-order valence-corrected chi connectivity index (χ4v) is 2.03. The summed E-state index contributed by atoms with van der Waals surface area (Å²) >= 11 is 0. The van der Waals surface area contributed by atoms with E-state index in [2.05, 4.69) is 4.98 Å². The summed E-state index contributed by atoms with van der Waals surface area (Å²) < 4.78 is 12.1. The summed E-state index contributed by atoms with van der Waals surface area (Å²) in [7, 11) is 0. The second-order valence-electron chi connectivity index (χ2n) is 6.19. The first-order valence-electron chi connectivity index (χ1n) is 7.64. The van der Waals surface area contributed by atoms with E-state index in [0.29, 0.717) is 17.5 Å². The Balaban J connectivity index is 2.28. The van der Waals surface area contributed by atoms with Gasteiger partial charge >= 0.3 is 5.97 Å². The van der Waals surface area contributed by atoms with Crippen molar-refractivity contribution in [2.75, 3.05) is 13.2 Å². The molecular weight excluding hydrogens is 296 g/mol. The molecule has 0 saturated heterocycles. The highest BCUT2D eigenvalue weighted by Gasteiger charge is 2.23. The van der Waals surface area contributed by atoms with Gasteiger partial charge in [0.25, 0.3) is 11.6 Å². The van der Waals surface area contributed by atoms with E-state index in [9.17, 15) is 9.59 Å². The fraction of sp³-hybridized carbons (Fsp3) is 0.471. The van der Waals surface area contributed by atoms with Gasteiger partial charge in [0, 0.05) is 0 Å². The van der Waals surface area contributed by atoms with Gasteiger partial charge in [-0.05, 0) is 39.8 Å². The largest absolute Gasteiger partial charge is 0.465 e. The van der Waals surface area contributed by atoms with Gasteiger partial charge in [-0.3, -0.25) is 14.2 Å². The second-order valence-corrected chi connectivity index (χ2v) is 6.19. The van der Waals surface area contributed by atoms with Crippen LogP contribution in [0, 0.1) is 5.41 Å². The highest BCUT2D eigenvalue weighted by atomic mass is 16.5. The number of carbonyl (C=O) groups excluding carboxylic acids is 1. The van der Waals surface area contributed by atoms with Gasteiger partial charge in [-0.15, -0.1) is 0 Å². The third-order valence-electron chi connectivity index (χ3n) is 3.26. The van der Waals surface area contributed by atoms with Gasteiger partial charge in [-0.2, -0.15) is 4.98 Å². The molecule has 23 heavy (non-hydrogen) atoms. The van der Waals surface area contributed by atoms with Crippen LogP contribution < -0.4 is 10.3 Å². The Kier molecular flexibility index (Phi) is 5.03. The zero-order valence-corrected chi connectivity index (χ0v) is 14.0. The Morgan fingerprint density at radius 3 is 2.61 bits per heavy atom. The Hall–Kier alpha value is -2.37. The van der Waals surface area contributed by atoms with Crippen molar-refractivity contribution in [1.82, 2.24) is 9.55 Å². The van der Waals surface area contributed by atoms with Crippen LogP contribution in [0.1, 0.15) is 27.7 Å². The molecule has 0 atom stereocenters. The first kappa shape index (κ1) is 17.0. The van der Waals surface area contributed by atoms with E-state index in [1.54, 1.807) is 39.0 Å². The zero-order chi connectivity index (χ0) is 17.0. The first-order valence-corrected chi connectivity index (χ1v) is 7.64. The Labute approximate surface area is 135 Å². The van der Waals surface area contributed by atoms with Gasteiger partial charge in [0.1, 0.15) is 6.61 Å². The number of benzene rings is 1. The summed E-state index contributed by atoms with van der Waals surface area (Å²) in [6.45, 7) is 7.86. The molecule has 6 nitrogen and oxygen atoms in total. The van der Waals surface area contributed by atoms with Crippen LogP contribution in [-0.2, 0) is 16.1 Å². The number of esters is 1. The highest BCUT2D eigenvalue weighted by Crippen LogP contribution is 2.16. The van der Waals surface area contributed by atoms with E-state index in [1.807, 2.05) is 13.0 Å². The number of rotatable bonds is 5. The minimum absolute atomic E-state index is 0.0934. The minimum Gasteiger partial charge on any atom is -0.465 e. The Morgan fingerprint density at radius 1 is 1.26 bits per heavy atom. The lowest BCUT2D eigenvalue weighted by Crippen LogP contribution is -2.28. The van der Waals surface area contributed by atoms with Gasteiger partial charge < -0.3 is 9.47 Å². The van der Waals surface area contributed by atoms with Crippen molar-refractivity contribution in [3.63, 3.8) is 0 Å². The molecule has 2 rings (SSSR count). The van der Waals surface area contributed by atoms with Crippen molar-refractivity contribution in [1.29, 1.82) is 0 Å². The third kappa shape index (κ3) is 3.88. The monoisotopic (exact) mass is 318 g/mol. The summed E-state index contributed by atoms with van der Waals surface area (Å²) in [6, 6.07) is 7.33. The van der Waals surface area contributed by atoms with E-state index in [0.717, 1.165) is 0 Å². The van der Waals surface area contributed by atoms with Crippen LogP contribution in [0.25, 0.3) is 10.9 Å². The fourth-order valence-electron chi connectivity index (χ4n) is 2.03. The molecule has 0 unspecified atom stereocenters. The van der Waals surface area contributed by atoms with Gasteiger partial charge in [-0.1, -0.05) is 12.1 Å². The van der Waals surface area contributed by atoms with Crippen molar-refractivity contribution in [2.24, 2.45) is 5.41 Å². The molecule has 1 aromatic heterocycles. The Bertz CT molecular complexity index is 759. The van der Waals surface area contributed by atoms with Gasteiger partial charge in [0.15, 0.2) is 0 Å². The molecule has 6 heteroatoms. The molecule has 0 saturated carbocycles. The second kappa shape index (κ2) is 6.81. The number of ether oxygens (including phenoxy) is 2. The number of nitrogens with zero attached hydrogens (tertiary/aromatic N) is 2. The number of fused-ring (bicyclic) bond motifs is 1. The molecular formula is C17H22N2O4. The van der Waals surface area contributed by atoms with Crippen LogP contribution in [0.4, 0.5) is 0 Å². The maximum absolute atomic E-state index is 12.6. The highest BCUT2D eigenvalue weighted by molar-refractivity contribution is 5.77. The molecule has 0 aliphatic carbocycles. The van der Waals surface area contributed by atoms with Crippen LogP contribution >= 0.6 is 0 Å². The maximum Gasteiger partial charge on any atom is 0.311 e. The lowest BCUT2D eigenvalue weighted by atomic mass is 9.97. The lowest BCUT2D eigenvalue weighted by Gasteiger charge is -2.17. The van der Waals surface area contributed by atoms with Crippen molar-refractivity contribution >= 4 is 16.9 Å². The molecule has 0 aliphatic heterocycles. The molecule has 0 radical (unpaired) electrons. The topological polar surface area (TPSA) is 70.4 Å². The van der Waals surface area contributed by atoms with Gasteiger partial charge in [-0.25, -0.2) is 0 Å². The molecule has 124 valence electrons. The summed E-state index contributed by atoms with van der Waals surface area (Å²) in [5, 5.41) is 0.512. The van der Waals surface area contributed by atoms with Crippen molar-refractivity contribution < 1.29 is 14.3 Å². The van der Waals surface area contributed by atoms with Gasteiger partial charge in [0.2, 0.25) is 0 Å². The molecule has 0 N–H and O–H groups in total. The van der Waals surface area contributed by atoms with Crippen molar-refractivity contribution in [3.8, 4) is 6.01 Å². The predicted octanol–water partition coefficient (Wildman–Crippen LogP) is 2.38. The van der Waals surface area contributed by atoms with E-state index in [1.165, 1.54) is 4.57 Å². The van der Waals surface area contributed by atoms with Crippen molar-refractivity contribution in [2.45, 2.75) is 34.2 Å². The molecule has 0 aliphatic rings. The number of para-hydroxylation sites is 1. The molecule has 0 spiro atoms. The standard InChI is InChI=1S/C17H22N2O4/c1-5-22-16-18-13-9-7-6-8-12(13)14(20)19(16)10-11-23-15(21)17(2,3)4/h6-9H,5,10-11H2,1-4H3. The van der Waals surface area contributed by atoms with E-state index < -0.39 is 5.41 Å². The summed E-state index contributed by atoms with van der Waals surface area (Å²) in [5.41, 5.74) is -0.190. The van der Waals surface area contributed by atoms with Crippen LogP contribution in [0.5, 0.6) is 6.01 Å². The van der Waals surface area contributed by atoms with E-state index in [4.69, 9.17) is 9.47 Å².